The van der Waals surface area contributed by atoms with Crippen LogP contribution in [-0.2, 0) is 17.8 Å². The van der Waals surface area contributed by atoms with Gasteiger partial charge in [-0.15, -0.1) is 0 Å². The van der Waals surface area contributed by atoms with Gasteiger partial charge < -0.3 is 55.9 Å². The van der Waals surface area contributed by atoms with Gasteiger partial charge in [0.2, 0.25) is 6.29 Å². The first-order valence-electron chi connectivity index (χ1n) is 22.3. The van der Waals surface area contributed by atoms with Crippen LogP contribution in [0.4, 0.5) is 0 Å². The summed E-state index contributed by atoms with van der Waals surface area (Å²) in [6.07, 6.45) is 4.87. The lowest BCUT2D eigenvalue weighted by Crippen LogP contribution is -2.69. The van der Waals surface area contributed by atoms with Gasteiger partial charge in [0.05, 0.1) is 24.7 Å². The second-order valence-corrected chi connectivity index (χ2v) is 21.3. The highest BCUT2D eigenvalue weighted by molar-refractivity contribution is 8.77. The lowest BCUT2D eigenvalue weighted by molar-refractivity contribution is -0.320. The summed E-state index contributed by atoms with van der Waals surface area (Å²) in [4.78, 5) is 31.2. The number of benzene rings is 2. The van der Waals surface area contributed by atoms with Gasteiger partial charge in [-0.3, -0.25) is 9.59 Å². The second-order valence-electron chi connectivity index (χ2n) is 18.7. The van der Waals surface area contributed by atoms with E-state index in [1.165, 1.54) is 39.3 Å². The number of ether oxygens (including phenoxy) is 2. The Kier molecular flexibility index (Phi) is 10.4. The van der Waals surface area contributed by atoms with Crippen LogP contribution in [0.3, 0.4) is 0 Å². The minimum atomic E-state index is -2.27. The number of carbonyl (C=O) groups excluding carboxylic acids is 2. The smallest absolute Gasteiger partial charge is 0.229 e. The van der Waals surface area contributed by atoms with Crippen molar-refractivity contribution in [3.63, 3.8) is 0 Å². The lowest BCUT2D eigenvalue weighted by Gasteiger charge is -2.55. The summed E-state index contributed by atoms with van der Waals surface area (Å²) in [5.41, 5.74) is 2.78. The van der Waals surface area contributed by atoms with Gasteiger partial charge in [-0.1, -0.05) is 82.6 Å². The van der Waals surface area contributed by atoms with E-state index in [9.17, 15) is 35.7 Å². The fourth-order valence-corrected chi connectivity index (χ4v) is 16.2. The SMILES string of the molecule is O=C1c2cccc3c2C(=O)[C@@]2(C(O)=CC(Cc4cccc(CO)c4)=C[C@H]12)[C@H](CCCO)SS[C@H]1NC2=C4C(=CCN2)[C@]2(CCC[C@H]2C2=CCC1=C24)C[C@]1(O)[C@H](O)[C@@H](CO)O[C@@H](O3)[C@@H]1O. The maximum Gasteiger partial charge on any atom is 0.229 e. The van der Waals surface area contributed by atoms with Gasteiger partial charge in [0.15, 0.2) is 11.6 Å². The third-order valence-corrected chi connectivity index (χ3v) is 18.7. The zero-order valence-electron chi connectivity index (χ0n) is 35.0. The molecule has 6 heterocycles. The van der Waals surface area contributed by atoms with Crippen LogP contribution in [0.2, 0.25) is 0 Å². The lowest BCUT2D eigenvalue weighted by atomic mass is 9.54. The van der Waals surface area contributed by atoms with Crippen molar-refractivity contribution in [1.82, 2.24) is 10.6 Å². The molecule has 13 rings (SSSR count). The average Bonchev–Trinajstić information content (AvgIpc) is 3.94. The Morgan fingerprint density at radius 1 is 0.969 bits per heavy atom. The molecule has 1 saturated heterocycles. The summed E-state index contributed by atoms with van der Waals surface area (Å²) in [5, 5.41) is 87.1. The van der Waals surface area contributed by atoms with Crippen molar-refractivity contribution in [2.24, 2.45) is 22.7 Å². The Morgan fingerprint density at radius 2 is 1.80 bits per heavy atom. The van der Waals surface area contributed by atoms with Crippen molar-refractivity contribution < 1.29 is 54.8 Å². The van der Waals surface area contributed by atoms with E-state index < -0.39 is 70.4 Å². The number of hydrogen-bond acceptors (Lipinski definition) is 15. The van der Waals surface area contributed by atoms with Gasteiger partial charge in [-0.05, 0) is 102 Å². The summed E-state index contributed by atoms with van der Waals surface area (Å²) in [6.45, 7) is -0.563. The second kappa shape index (κ2) is 15.7. The third kappa shape index (κ3) is 5.98. The molecule has 2 aromatic carbocycles. The maximum absolute atomic E-state index is 15.9. The van der Waals surface area contributed by atoms with E-state index in [-0.39, 0.29) is 66.4 Å². The first-order chi connectivity index (χ1) is 31.0. The molecule has 2 aromatic rings. The fourth-order valence-electron chi connectivity index (χ4n) is 12.7. The van der Waals surface area contributed by atoms with Crippen molar-refractivity contribution in [1.29, 1.82) is 0 Å². The molecule has 64 heavy (non-hydrogen) atoms. The first kappa shape index (κ1) is 42.5. The van der Waals surface area contributed by atoms with E-state index in [0.717, 1.165) is 46.5 Å². The zero-order valence-corrected chi connectivity index (χ0v) is 36.7. The molecule has 11 aliphatic rings. The Hall–Kier alpha value is -4.16. The minimum absolute atomic E-state index is 0.0295. The number of aliphatic hydroxyl groups excluding tert-OH is 6. The Balaban J connectivity index is 1.11. The zero-order chi connectivity index (χ0) is 44.3. The monoisotopic (exact) mass is 908 g/mol. The van der Waals surface area contributed by atoms with Crippen LogP contribution >= 0.6 is 21.6 Å². The number of hydrogen-bond donors (Lipinski definition) is 9. The van der Waals surface area contributed by atoms with Crippen LogP contribution in [0.25, 0.3) is 0 Å². The quantitative estimate of drug-likeness (QED) is 0.177. The first-order valence-corrected chi connectivity index (χ1v) is 24.6. The van der Waals surface area contributed by atoms with Crippen LogP contribution in [0, 0.1) is 22.7 Å². The molecule has 2 saturated carbocycles. The van der Waals surface area contributed by atoms with E-state index in [4.69, 9.17) is 9.47 Å². The maximum atomic E-state index is 15.9. The summed E-state index contributed by atoms with van der Waals surface area (Å²) >= 11 is 0. The van der Waals surface area contributed by atoms with Gasteiger partial charge in [-0.2, -0.15) is 0 Å². The predicted molar refractivity (Wildman–Crippen MR) is 239 cm³/mol. The summed E-state index contributed by atoms with van der Waals surface area (Å²) < 4.78 is 12.6. The molecule has 3 fully saturated rings. The molecular weight excluding hydrogens is 857 g/mol. The van der Waals surface area contributed by atoms with Crippen molar-refractivity contribution in [3.8, 4) is 5.75 Å². The molecule has 5 aliphatic carbocycles. The minimum Gasteiger partial charge on any atom is -0.511 e. The number of ketones is 2. The van der Waals surface area contributed by atoms with Crippen molar-refractivity contribution in [2.75, 3.05) is 19.8 Å². The number of rotatable bonds is 7. The molecule has 11 atom stereocenters. The molecule has 0 aromatic heterocycles. The Bertz CT molecular complexity index is 2550. The molecule has 336 valence electrons. The molecule has 12 bridgehead atoms. The van der Waals surface area contributed by atoms with Gasteiger partial charge in [0, 0.05) is 35.0 Å². The normalized spacial score (nSPS) is 37.0. The highest BCUT2D eigenvalue weighted by atomic mass is 33.1. The molecule has 0 unspecified atom stereocenters. The molecule has 6 aliphatic heterocycles. The Labute approximate surface area is 378 Å². The number of allylic oxidation sites excluding steroid dienone is 9. The number of Topliss-reactive ketones (excluding diaryl/α,β-unsaturated/α-hetero) is 2. The number of aliphatic hydroxyl groups is 7. The van der Waals surface area contributed by atoms with Crippen LogP contribution in [0.1, 0.15) is 76.8 Å². The van der Waals surface area contributed by atoms with Crippen LogP contribution in [-0.4, -0.2) is 108 Å². The van der Waals surface area contributed by atoms with Crippen molar-refractivity contribution in [3.05, 3.63) is 134 Å². The summed E-state index contributed by atoms with van der Waals surface area (Å²) in [6, 6.07) is 12.0. The number of nitrogens with one attached hydrogen (secondary N) is 2. The standard InChI is InChI=1S/C49H52N2O11S2/c52-16-4-10-36-49-32(19-26(20-35(49)55)18-24-5-1-6-25(17-24)21-53)40(56)28-7-2-9-33(38(28)42(49)58)61-46-43(59)48(60,41(57)34(22-54)62-46)23-47-14-3-8-30(47)27-11-12-29-37(27)39-31(47)13-15-50-44(39)51-45(29)64-63-36/h1-2,5-7,9,11,13,17,19-20,30,32,34,36,41,43,45-46,50-55,57,59-60H,3-4,8,10,12,14-16,18,21-23H2/t30-,32+,34+,36-,41+,43-,45+,46+,47+,48-,49-/m0/s1. The Morgan fingerprint density at radius 3 is 2.61 bits per heavy atom. The van der Waals surface area contributed by atoms with E-state index in [2.05, 4.69) is 22.8 Å². The fraction of sp³-hybridized carbons (Fsp3) is 0.469. The number of dihydropyridines is 2. The van der Waals surface area contributed by atoms with E-state index in [0.29, 0.717) is 36.9 Å². The molecule has 9 N–H and O–H groups in total. The number of carbonyl (C=O) groups is 2. The molecule has 0 radical (unpaired) electrons. The summed E-state index contributed by atoms with van der Waals surface area (Å²) in [5.74, 6) is -1.82. The van der Waals surface area contributed by atoms with Crippen LogP contribution < -0.4 is 15.4 Å². The van der Waals surface area contributed by atoms with E-state index in [1.807, 2.05) is 24.3 Å². The molecule has 0 amide bonds. The molecule has 13 nitrogen and oxygen atoms in total. The average molecular weight is 909 g/mol. The van der Waals surface area contributed by atoms with Crippen molar-refractivity contribution in [2.45, 2.75) is 98.8 Å². The molecular formula is C49H52N2O11S2. The van der Waals surface area contributed by atoms with E-state index in [1.54, 1.807) is 18.2 Å². The molecule has 2 spiro atoms. The third-order valence-electron chi connectivity index (χ3n) is 15.5. The van der Waals surface area contributed by atoms with Gasteiger partial charge >= 0.3 is 0 Å². The van der Waals surface area contributed by atoms with Gasteiger partial charge in [0.25, 0.3) is 0 Å². The highest BCUT2D eigenvalue weighted by Crippen LogP contribution is 2.68. The van der Waals surface area contributed by atoms with Crippen LogP contribution in [0.15, 0.2) is 112 Å². The predicted octanol–water partition coefficient (Wildman–Crippen LogP) is 4.36. The largest absolute Gasteiger partial charge is 0.511 e. The van der Waals surface area contributed by atoms with Gasteiger partial charge in [0.1, 0.15) is 52.0 Å². The topological polar surface area (TPSA) is 218 Å². The van der Waals surface area contributed by atoms with Gasteiger partial charge in [-0.25, -0.2) is 0 Å². The van der Waals surface area contributed by atoms with Crippen molar-refractivity contribution >= 4 is 33.2 Å². The van der Waals surface area contributed by atoms with E-state index >= 15 is 9.59 Å². The summed E-state index contributed by atoms with van der Waals surface area (Å²) in [7, 11) is 2.96. The van der Waals surface area contributed by atoms with Crippen LogP contribution in [0.5, 0.6) is 5.75 Å². The molecule has 15 heteroatoms. The highest BCUT2D eigenvalue weighted by Gasteiger charge is 2.66.